The number of rotatable bonds is 1. The highest BCUT2D eigenvalue weighted by molar-refractivity contribution is 6.16. The molecule has 3 heterocycles. The number of anilines is 1. The third-order valence-electron chi connectivity index (χ3n) is 3.80. The molecule has 4 rings (SSSR count). The molecule has 1 aromatic heterocycles. The summed E-state index contributed by atoms with van der Waals surface area (Å²) in [4.78, 5) is 22.0. The third kappa shape index (κ3) is 2.55. The fourth-order valence-corrected chi connectivity index (χ4v) is 2.63. The first-order valence-corrected chi connectivity index (χ1v) is 7.36. The summed E-state index contributed by atoms with van der Waals surface area (Å²) >= 11 is 0. The van der Waals surface area contributed by atoms with E-state index in [1.54, 1.807) is 11.1 Å². The minimum Gasteiger partial charge on any atom is -0.447 e. The molecule has 2 aliphatic heterocycles. The first-order valence-electron chi connectivity index (χ1n) is 7.36. The Morgan fingerprint density at radius 2 is 2.13 bits per heavy atom. The van der Waals surface area contributed by atoms with Gasteiger partial charge in [0.25, 0.3) is 0 Å². The lowest BCUT2D eigenvalue weighted by Crippen LogP contribution is -2.23. The van der Waals surface area contributed by atoms with Crippen LogP contribution in [-0.4, -0.2) is 29.9 Å². The van der Waals surface area contributed by atoms with Crippen molar-refractivity contribution in [3.05, 3.63) is 59.4 Å². The second-order valence-corrected chi connectivity index (χ2v) is 5.24. The molecule has 1 fully saturated rings. The summed E-state index contributed by atoms with van der Waals surface area (Å²) in [7, 11) is 0. The van der Waals surface area contributed by atoms with Crippen LogP contribution in [0.1, 0.15) is 16.8 Å². The molecule has 2 aromatic rings. The normalized spacial score (nSPS) is 15.6. The van der Waals surface area contributed by atoms with Crippen molar-refractivity contribution in [3.63, 3.8) is 0 Å². The molecule has 0 unspecified atom stereocenters. The number of aromatic nitrogens is 1. The zero-order valence-electron chi connectivity index (χ0n) is 12.3. The molecule has 0 spiro atoms. The Morgan fingerprint density at radius 1 is 1.17 bits per heavy atom. The number of aliphatic imine (C=N–C) groups is 1. The predicted molar refractivity (Wildman–Crippen MR) is 86.5 cm³/mol. The molecule has 5 nitrogen and oxygen atoms in total. The van der Waals surface area contributed by atoms with Gasteiger partial charge in [-0.15, -0.1) is 0 Å². The minimum atomic E-state index is -0.305. The quantitative estimate of drug-likeness (QED) is 0.760. The molecule has 2 aliphatic rings. The van der Waals surface area contributed by atoms with Crippen LogP contribution in [0.15, 0.2) is 47.6 Å². The summed E-state index contributed by atoms with van der Waals surface area (Å²) in [6, 6.07) is 11.5. The first kappa shape index (κ1) is 13.5. The maximum atomic E-state index is 11.7. The number of carbonyl (C=O) groups excluding carboxylic acids is 1. The maximum Gasteiger partial charge on any atom is 0.414 e. The standard InChI is InChI=1S/C18H13N3O2/c22-18-21(9-10-23-18)15-6-4-13-12-20-17(16(13)11-15)7-5-14-3-1-2-8-19-14/h1-4,6,8,11H,9-10,12H2. The van der Waals surface area contributed by atoms with E-state index < -0.39 is 0 Å². The number of cyclic esters (lactones) is 1. The van der Waals surface area contributed by atoms with Crippen molar-refractivity contribution < 1.29 is 9.53 Å². The van der Waals surface area contributed by atoms with Gasteiger partial charge in [0.1, 0.15) is 18.0 Å². The lowest BCUT2D eigenvalue weighted by molar-refractivity contribution is 0.181. The summed E-state index contributed by atoms with van der Waals surface area (Å²) in [6.45, 7) is 1.62. The van der Waals surface area contributed by atoms with Gasteiger partial charge in [-0.05, 0) is 41.7 Å². The van der Waals surface area contributed by atoms with Crippen LogP contribution >= 0.6 is 0 Å². The molecule has 0 bridgehead atoms. The van der Waals surface area contributed by atoms with E-state index in [-0.39, 0.29) is 6.09 Å². The van der Waals surface area contributed by atoms with Gasteiger partial charge in [-0.1, -0.05) is 12.1 Å². The smallest absolute Gasteiger partial charge is 0.414 e. The average molecular weight is 303 g/mol. The van der Waals surface area contributed by atoms with E-state index >= 15 is 0 Å². The number of ether oxygens (including phenoxy) is 1. The van der Waals surface area contributed by atoms with Gasteiger partial charge in [0.05, 0.1) is 13.1 Å². The number of fused-ring (bicyclic) bond motifs is 1. The maximum absolute atomic E-state index is 11.7. The third-order valence-corrected chi connectivity index (χ3v) is 3.80. The molecule has 0 saturated carbocycles. The van der Waals surface area contributed by atoms with Gasteiger partial charge >= 0.3 is 6.09 Å². The van der Waals surface area contributed by atoms with Gasteiger partial charge in [0.2, 0.25) is 0 Å². The second kappa shape index (κ2) is 5.58. The van der Waals surface area contributed by atoms with Crippen LogP contribution in [0.25, 0.3) is 0 Å². The van der Waals surface area contributed by atoms with Gasteiger partial charge in [0.15, 0.2) is 0 Å². The SMILES string of the molecule is O=C1OCCN1c1ccc2c(c1)C(C#Cc1ccccn1)=NC2. The van der Waals surface area contributed by atoms with E-state index in [1.807, 2.05) is 36.4 Å². The van der Waals surface area contributed by atoms with E-state index in [0.29, 0.717) is 25.4 Å². The first-order chi connectivity index (χ1) is 11.3. The Labute approximate surface area is 133 Å². The fraction of sp³-hybridized carbons (Fsp3) is 0.167. The highest BCUT2D eigenvalue weighted by atomic mass is 16.6. The Hall–Kier alpha value is -3.13. The molecule has 112 valence electrons. The van der Waals surface area contributed by atoms with Gasteiger partial charge in [0, 0.05) is 17.4 Å². The lowest BCUT2D eigenvalue weighted by Gasteiger charge is -2.13. The van der Waals surface area contributed by atoms with Crippen molar-refractivity contribution in [3.8, 4) is 11.8 Å². The second-order valence-electron chi connectivity index (χ2n) is 5.24. The molecule has 1 saturated heterocycles. The van der Waals surface area contributed by atoms with E-state index in [0.717, 1.165) is 22.5 Å². The van der Waals surface area contributed by atoms with Gasteiger partial charge in [-0.2, -0.15) is 0 Å². The van der Waals surface area contributed by atoms with Crippen molar-refractivity contribution in [2.75, 3.05) is 18.1 Å². The monoisotopic (exact) mass is 303 g/mol. The van der Waals surface area contributed by atoms with Crippen LogP contribution in [0.5, 0.6) is 0 Å². The molecule has 1 aromatic carbocycles. The topological polar surface area (TPSA) is 54.8 Å². The lowest BCUT2D eigenvalue weighted by atomic mass is 10.0. The highest BCUT2D eigenvalue weighted by Crippen LogP contribution is 2.26. The van der Waals surface area contributed by atoms with Crippen LogP contribution in [0, 0.1) is 11.8 Å². The molecule has 0 radical (unpaired) electrons. The predicted octanol–water partition coefficient (Wildman–Crippen LogP) is 2.39. The summed E-state index contributed by atoms with van der Waals surface area (Å²) in [5.74, 6) is 6.11. The van der Waals surface area contributed by atoms with Crippen LogP contribution in [0.3, 0.4) is 0 Å². The van der Waals surface area contributed by atoms with Crippen LogP contribution in [-0.2, 0) is 11.3 Å². The van der Waals surface area contributed by atoms with Crippen molar-refractivity contribution in [2.45, 2.75) is 6.54 Å². The highest BCUT2D eigenvalue weighted by Gasteiger charge is 2.25. The van der Waals surface area contributed by atoms with E-state index in [2.05, 4.69) is 21.8 Å². The Bertz CT molecular complexity index is 863. The molecular weight excluding hydrogens is 290 g/mol. The van der Waals surface area contributed by atoms with Crippen molar-refractivity contribution in [1.29, 1.82) is 0 Å². The number of hydrogen-bond acceptors (Lipinski definition) is 4. The summed E-state index contributed by atoms with van der Waals surface area (Å²) < 4.78 is 4.99. The Kier molecular flexibility index (Phi) is 3.28. The number of carbonyl (C=O) groups is 1. The summed E-state index contributed by atoms with van der Waals surface area (Å²) in [5.41, 5.74) is 4.36. The van der Waals surface area contributed by atoms with Crippen LogP contribution < -0.4 is 4.90 Å². The largest absolute Gasteiger partial charge is 0.447 e. The minimum absolute atomic E-state index is 0.305. The van der Waals surface area contributed by atoms with Crippen molar-refractivity contribution >= 4 is 17.5 Å². The summed E-state index contributed by atoms with van der Waals surface area (Å²) in [6.07, 6.45) is 1.41. The van der Waals surface area contributed by atoms with Crippen molar-refractivity contribution in [1.82, 2.24) is 4.98 Å². The van der Waals surface area contributed by atoms with Crippen LogP contribution in [0.2, 0.25) is 0 Å². The molecule has 1 amide bonds. The van der Waals surface area contributed by atoms with Gasteiger partial charge in [-0.3, -0.25) is 9.89 Å². The van der Waals surface area contributed by atoms with Crippen LogP contribution in [0.4, 0.5) is 10.5 Å². The Morgan fingerprint density at radius 3 is 2.91 bits per heavy atom. The zero-order chi connectivity index (χ0) is 15.6. The summed E-state index contributed by atoms with van der Waals surface area (Å²) in [5, 5.41) is 0. The number of amides is 1. The van der Waals surface area contributed by atoms with Gasteiger partial charge < -0.3 is 4.74 Å². The molecule has 5 heteroatoms. The molecule has 0 aliphatic carbocycles. The number of hydrogen-bond donors (Lipinski definition) is 0. The van der Waals surface area contributed by atoms with Crippen molar-refractivity contribution in [2.24, 2.45) is 4.99 Å². The van der Waals surface area contributed by atoms with E-state index in [4.69, 9.17) is 4.74 Å². The van der Waals surface area contributed by atoms with E-state index in [9.17, 15) is 4.79 Å². The number of pyridine rings is 1. The molecule has 0 atom stereocenters. The molecule has 23 heavy (non-hydrogen) atoms. The molecular formula is C18H13N3O2. The average Bonchev–Trinajstić information content (AvgIpc) is 3.19. The molecule has 0 N–H and O–H groups in total. The zero-order valence-corrected chi connectivity index (χ0v) is 12.3. The fourth-order valence-electron chi connectivity index (χ4n) is 2.63. The number of benzene rings is 1. The Balaban J connectivity index is 1.65. The van der Waals surface area contributed by atoms with E-state index in [1.165, 1.54) is 0 Å². The number of nitrogens with zero attached hydrogens (tertiary/aromatic N) is 3. The van der Waals surface area contributed by atoms with Gasteiger partial charge in [-0.25, -0.2) is 9.78 Å².